The molecule has 86 valence electrons. The van der Waals surface area contributed by atoms with Crippen LogP contribution in [0.5, 0.6) is 0 Å². The third kappa shape index (κ3) is 4.84. The molecule has 16 heavy (non-hydrogen) atoms. The maximum absolute atomic E-state index is 11.4. The third-order valence-electron chi connectivity index (χ3n) is 2.40. The van der Waals surface area contributed by atoms with Crippen molar-refractivity contribution in [1.82, 2.24) is 0 Å². The van der Waals surface area contributed by atoms with Crippen LogP contribution < -0.4 is 0 Å². The normalized spacial score (nSPS) is 17.2. The van der Waals surface area contributed by atoms with Gasteiger partial charge in [-0.2, -0.15) is 0 Å². The molecule has 0 aromatic rings. The Hall–Kier alpha value is -1.49. The zero-order chi connectivity index (χ0) is 11.8. The Morgan fingerprint density at radius 1 is 1.56 bits per heavy atom. The largest absolute Gasteiger partial charge is 0.446 e. The summed E-state index contributed by atoms with van der Waals surface area (Å²) in [7, 11) is 0. The van der Waals surface area contributed by atoms with Crippen molar-refractivity contribution in [2.45, 2.75) is 45.6 Å². The molecule has 1 rings (SSSR count). The zero-order valence-electron chi connectivity index (χ0n) is 9.95. The van der Waals surface area contributed by atoms with Crippen LogP contribution in [0.15, 0.2) is 23.8 Å². The van der Waals surface area contributed by atoms with Crippen molar-refractivity contribution in [2.24, 2.45) is 0 Å². The quantitative estimate of drug-likeness (QED) is 0.413. The predicted octanol–water partition coefficient (Wildman–Crippen LogP) is 3.00. The first-order chi connectivity index (χ1) is 7.72. The van der Waals surface area contributed by atoms with Crippen molar-refractivity contribution in [1.29, 1.82) is 0 Å². The van der Waals surface area contributed by atoms with Gasteiger partial charge in [-0.05, 0) is 39.5 Å². The highest BCUT2D eigenvalue weighted by Crippen LogP contribution is 2.17. The van der Waals surface area contributed by atoms with Crippen LogP contribution in [0.25, 0.3) is 0 Å². The summed E-state index contributed by atoms with van der Waals surface area (Å²) in [6.07, 6.45) is 9.85. The lowest BCUT2D eigenvalue weighted by Crippen LogP contribution is -2.10. The third-order valence-corrected chi connectivity index (χ3v) is 2.40. The highest BCUT2D eigenvalue weighted by Gasteiger charge is 2.04. The maximum Gasteiger partial charge on any atom is 0.331 e. The van der Waals surface area contributed by atoms with Gasteiger partial charge in [0.2, 0.25) is 0 Å². The summed E-state index contributed by atoms with van der Waals surface area (Å²) < 4.78 is 5.06. The smallest absolute Gasteiger partial charge is 0.331 e. The van der Waals surface area contributed by atoms with E-state index in [4.69, 9.17) is 4.74 Å². The lowest BCUT2D eigenvalue weighted by molar-refractivity contribution is -0.139. The van der Waals surface area contributed by atoms with Gasteiger partial charge in [0.15, 0.2) is 6.10 Å². The Labute approximate surface area is 97.4 Å². The van der Waals surface area contributed by atoms with E-state index in [-0.39, 0.29) is 12.1 Å². The predicted molar refractivity (Wildman–Crippen MR) is 64.7 cm³/mol. The average molecular weight is 218 g/mol. The molecule has 0 heterocycles. The number of carbonyl (C=O) groups excluding carboxylic acids is 1. The Bertz CT molecular complexity index is 353. The van der Waals surface area contributed by atoms with Gasteiger partial charge in [0.05, 0.1) is 0 Å². The maximum atomic E-state index is 11.4. The average Bonchev–Trinajstić information content (AvgIpc) is 2.28. The summed E-state index contributed by atoms with van der Waals surface area (Å²) in [4.78, 5) is 11.4. The van der Waals surface area contributed by atoms with Gasteiger partial charge >= 0.3 is 5.97 Å². The number of hydrogen-bond donors (Lipinski definition) is 0. The Kier molecular flexibility index (Phi) is 5.42. The molecule has 1 atom stereocenters. The fourth-order valence-corrected chi connectivity index (χ4v) is 1.64. The first-order valence-corrected chi connectivity index (χ1v) is 5.72. The van der Waals surface area contributed by atoms with Gasteiger partial charge in [-0.15, -0.1) is 5.92 Å². The molecule has 0 saturated heterocycles. The Morgan fingerprint density at radius 2 is 2.38 bits per heavy atom. The Balaban J connectivity index is 2.40. The summed E-state index contributed by atoms with van der Waals surface area (Å²) in [5, 5.41) is 0. The lowest BCUT2D eigenvalue weighted by atomic mass is 9.99. The van der Waals surface area contributed by atoms with E-state index in [9.17, 15) is 4.79 Å². The minimum atomic E-state index is -0.331. The van der Waals surface area contributed by atoms with Gasteiger partial charge in [-0.25, -0.2) is 4.79 Å². The molecule has 1 aliphatic carbocycles. The van der Waals surface area contributed by atoms with E-state index in [1.165, 1.54) is 24.5 Å². The number of ether oxygens (including phenoxy) is 1. The monoisotopic (exact) mass is 218 g/mol. The molecule has 0 unspecified atom stereocenters. The van der Waals surface area contributed by atoms with E-state index >= 15 is 0 Å². The molecular weight excluding hydrogens is 200 g/mol. The van der Waals surface area contributed by atoms with E-state index in [1.54, 1.807) is 13.8 Å². The highest BCUT2D eigenvalue weighted by atomic mass is 16.5. The van der Waals surface area contributed by atoms with E-state index in [0.717, 1.165) is 12.8 Å². The van der Waals surface area contributed by atoms with Crippen molar-refractivity contribution in [3.63, 3.8) is 0 Å². The zero-order valence-corrected chi connectivity index (χ0v) is 9.95. The topological polar surface area (TPSA) is 26.3 Å². The number of allylic oxidation sites excluding steroid dienone is 3. The molecule has 2 nitrogen and oxygen atoms in total. The first-order valence-electron chi connectivity index (χ1n) is 5.72. The van der Waals surface area contributed by atoms with Crippen LogP contribution in [-0.2, 0) is 9.53 Å². The SMILES string of the molecule is CC#C[C@@H](C)OC(=O)/C=C/C1=CCCCC1. The second kappa shape index (κ2) is 6.90. The van der Waals surface area contributed by atoms with Crippen LogP contribution in [0.4, 0.5) is 0 Å². The second-order valence-electron chi connectivity index (χ2n) is 3.83. The number of rotatable bonds is 3. The van der Waals surface area contributed by atoms with E-state index in [0.29, 0.717) is 0 Å². The van der Waals surface area contributed by atoms with Gasteiger partial charge in [0.25, 0.3) is 0 Å². The van der Waals surface area contributed by atoms with Crippen molar-refractivity contribution >= 4 is 5.97 Å². The van der Waals surface area contributed by atoms with Gasteiger partial charge in [-0.3, -0.25) is 0 Å². The first kappa shape index (κ1) is 12.6. The van der Waals surface area contributed by atoms with Gasteiger partial charge in [-0.1, -0.05) is 23.6 Å². The molecule has 0 spiro atoms. The fourth-order valence-electron chi connectivity index (χ4n) is 1.64. The van der Waals surface area contributed by atoms with Crippen LogP contribution in [0, 0.1) is 11.8 Å². The molecule has 1 aliphatic rings. The van der Waals surface area contributed by atoms with Gasteiger partial charge in [0, 0.05) is 6.08 Å². The molecule has 0 amide bonds. The van der Waals surface area contributed by atoms with Crippen LogP contribution >= 0.6 is 0 Å². The second-order valence-corrected chi connectivity index (χ2v) is 3.83. The Morgan fingerprint density at radius 3 is 3.00 bits per heavy atom. The molecule has 0 aromatic carbocycles. The highest BCUT2D eigenvalue weighted by molar-refractivity contribution is 5.82. The lowest BCUT2D eigenvalue weighted by Gasteiger charge is -2.08. The van der Waals surface area contributed by atoms with E-state index < -0.39 is 0 Å². The summed E-state index contributed by atoms with van der Waals surface area (Å²) in [5.74, 6) is 5.17. The van der Waals surface area contributed by atoms with Crippen molar-refractivity contribution in [3.05, 3.63) is 23.8 Å². The number of hydrogen-bond acceptors (Lipinski definition) is 2. The van der Waals surface area contributed by atoms with E-state index in [1.807, 2.05) is 6.08 Å². The molecule has 0 saturated carbocycles. The molecule has 0 bridgehead atoms. The van der Waals surface area contributed by atoms with Crippen molar-refractivity contribution in [3.8, 4) is 11.8 Å². The number of esters is 1. The summed E-state index contributed by atoms with van der Waals surface area (Å²) in [6, 6.07) is 0. The van der Waals surface area contributed by atoms with Crippen molar-refractivity contribution < 1.29 is 9.53 Å². The molecule has 0 aromatic heterocycles. The fraction of sp³-hybridized carbons (Fsp3) is 0.500. The van der Waals surface area contributed by atoms with Crippen LogP contribution in [-0.4, -0.2) is 12.1 Å². The number of carbonyl (C=O) groups is 1. The van der Waals surface area contributed by atoms with Crippen LogP contribution in [0.1, 0.15) is 39.5 Å². The van der Waals surface area contributed by atoms with Crippen LogP contribution in [0.2, 0.25) is 0 Å². The van der Waals surface area contributed by atoms with Gasteiger partial charge < -0.3 is 4.74 Å². The van der Waals surface area contributed by atoms with Gasteiger partial charge in [0.1, 0.15) is 0 Å². The molecule has 0 fully saturated rings. The van der Waals surface area contributed by atoms with Crippen LogP contribution in [0.3, 0.4) is 0 Å². The minimum absolute atomic E-state index is 0.318. The molecule has 0 aliphatic heterocycles. The molecule has 2 heteroatoms. The minimum Gasteiger partial charge on any atom is -0.446 e. The summed E-state index contributed by atoms with van der Waals surface area (Å²) in [5.41, 5.74) is 1.23. The standard InChI is InChI=1S/C14H18O2/c1-3-7-12(2)16-14(15)11-10-13-8-5-4-6-9-13/h8,10-12H,4-6,9H2,1-2H3/b11-10+/t12-/m1/s1. The summed E-state index contributed by atoms with van der Waals surface area (Å²) in [6.45, 7) is 3.50. The molecule has 0 radical (unpaired) electrons. The van der Waals surface area contributed by atoms with E-state index in [2.05, 4.69) is 17.9 Å². The van der Waals surface area contributed by atoms with Crippen molar-refractivity contribution in [2.75, 3.05) is 0 Å². The summed E-state index contributed by atoms with van der Waals surface area (Å²) >= 11 is 0. The molecule has 0 N–H and O–H groups in total. The molecular formula is C14H18O2.